The molecule has 0 aromatic rings. The van der Waals surface area contributed by atoms with E-state index in [0.29, 0.717) is 13.2 Å². The number of rotatable bonds is 7. The molecule has 4 nitrogen and oxygen atoms in total. The van der Waals surface area contributed by atoms with Gasteiger partial charge in [-0.25, -0.2) is 0 Å². The van der Waals surface area contributed by atoms with Gasteiger partial charge in [-0.3, -0.25) is 4.57 Å². The van der Waals surface area contributed by atoms with Crippen molar-refractivity contribution in [2.24, 2.45) is 0 Å². The van der Waals surface area contributed by atoms with Gasteiger partial charge >= 0.3 is 7.60 Å². The summed E-state index contributed by atoms with van der Waals surface area (Å²) in [6.07, 6.45) is 4.57. The summed E-state index contributed by atoms with van der Waals surface area (Å²) >= 11 is 2.29. The molecule has 0 radical (unpaired) electrons. The van der Waals surface area contributed by atoms with Crippen LogP contribution in [0.2, 0.25) is 0 Å². The van der Waals surface area contributed by atoms with E-state index in [4.69, 9.17) is 13.8 Å². The van der Waals surface area contributed by atoms with Gasteiger partial charge in [-0.15, -0.1) is 0 Å². The third-order valence-corrected chi connectivity index (χ3v) is 6.35. The minimum Gasteiger partial charge on any atom is -0.369 e. The lowest BCUT2D eigenvalue weighted by molar-refractivity contribution is 0.0856. The third kappa shape index (κ3) is 4.04. The van der Waals surface area contributed by atoms with Crippen molar-refractivity contribution >= 4 is 30.2 Å². The average Bonchev–Trinajstić information content (AvgIpc) is 2.74. The molecule has 6 heteroatoms. The van der Waals surface area contributed by atoms with E-state index in [1.54, 1.807) is 0 Å². The summed E-state index contributed by atoms with van der Waals surface area (Å²) < 4.78 is 30.4. The first-order chi connectivity index (χ1) is 8.61. The summed E-state index contributed by atoms with van der Waals surface area (Å²) in [5.74, 6) is 0. The Morgan fingerprint density at radius 2 is 2.00 bits per heavy atom. The quantitative estimate of drug-likeness (QED) is 0.288. The van der Waals surface area contributed by atoms with E-state index in [1.807, 2.05) is 32.9 Å². The number of ether oxygens (including phenoxy) is 1. The number of hydrogen-bond acceptors (Lipinski definition) is 4. The third-order valence-electron chi connectivity index (χ3n) is 2.81. The molecule has 0 spiro atoms. The highest BCUT2D eigenvalue weighted by Gasteiger charge is 2.47. The van der Waals surface area contributed by atoms with Gasteiger partial charge in [0, 0.05) is 4.43 Å². The van der Waals surface area contributed by atoms with Gasteiger partial charge in [-0.2, -0.15) is 0 Å². The number of allylic oxidation sites excluding steroid dienone is 1. The molecule has 0 aliphatic carbocycles. The second kappa shape index (κ2) is 8.00. The van der Waals surface area contributed by atoms with Gasteiger partial charge in [-0.05, 0) is 27.2 Å². The molecule has 0 aromatic carbocycles. The van der Waals surface area contributed by atoms with Crippen molar-refractivity contribution in [2.75, 3.05) is 17.6 Å². The van der Waals surface area contributed by atoms with E-state index >= 15 is 0 Å². The lowest BCUT2D eigenvalue weighted by Gasteiger charge is -2.25. The maximum atomic E-state index is 12.8. The Kier molecular flexibility index (Phi) is 7.39. The predicted molar refractivity (Wildman–Crippen MR) is 81.6 cm³/mol. The smallest absolute Gasteiger partial charge is 0.336 e. The monoisotopic (exact) mass is 388 g/mol. The first-order valence-electron chi connectivity index (χ1n) is 6.34. The Morgan fingerprint density at radius 3 is 2.44 bits per heavy atom. The molecule has 0 amide bonds. The first-order valence-corrected chi connectivity index (χ1v) is 9.48. The van der Waals surface area contributed by atoms with Gasteiger partial charge in [0.15, 0.2) is 0 Å². The van der Waals surface area contributed by atoms with Crippen LogP contribution < -0.4 is 0 Å². The molecule has 1 aliphatic rings. The number of alkyl halides is 1. The van der Waals surface area contributed by atoms with Crippen LogP contribution in [-0.4, -0.2) is 35.5 Å². The molecule has 0 aromatic heterocycles. The molecule has 106 valence electrons. The van der Waals surface area contributed by atoms with Crippen LogP contribution in [0.4, 0.5) is 0 Å². The van der Waals surface area contributed by atoms with E-state index in [1.165, 1.54) is 0 Å². The van der Waals surface area contributed by atoms with Gasteiger partial charge in [0.25, 0.3) is 0 Å². The van der Waals surface area contributed by atoms with Crippen LogP contribution in [0.5, 0.6) is 0 Å². The van der Waals surface area contributed by atoms with Gasteiger partial charge in [-0.1, -0.05) is 34.7 Å². The minimum atomic E-state index is -3.08. The molecule has 0 saturated carbocycles. The second-order valence-corrected chi connectivity index (χ2v) is 7.22. The molecule has 18 heavy (non-hydrogen) atoms. The Hall–Kier alpha value is 0.580. The van der Waals surface area contributed by atoms with Crippen LogP contribution in [-0.2, 0) is 18.3 Å². The fourth-order valence-corrected chi connectivity index (χ4v) is 4.90. The zero-order valence-electron chi connectivity index (χ0n) is 11.2. The Morgan fingerprint density at radius 1 is 1.39 bits per heavy atom. The van der Waals surface area contributed by atoms with Crippen LogP contribution in [0.15, 0.2) is 12.2 Å². The molecule has 3 unspecified atom stereocenters. The maximum absolute atomic E-state index is 12.8. The summed E-state index contributed by atoms with van der Waals surface area (Å²) in [5.41, 5.74) is -0.187. The number of hydrogen-bond donors (Lipinski definition) is 0. The van der Waals surface area contributed by atoms with Crippen LogP contribution in [0, 0.1) is 0 Å². The van der Waals surface area contributed by atoms with E-state index in [-0.39, 0.29) is 17.9 Å². The minimum absolute atomic E-state index is 0.131. The van der Waals surface area contributed by atoms with Gasteiger partial charge < -0.3 is 13.8 Å². The summed E-state index contributed by atoms with van der Waals surface area (Å²) in [7, 11) is -3.08. The zero-order chi connectivity index (χ0) is 13.6. The normalized spacial score (nSPS) is 29.2. The van der Waals surface area contributed by atoms with Crippen LogP contribution in [0.3, 0.4) is 0 Å². The molecule has 1 fully saturated rings. The zero-order valence-corrected chi connectivity index (χ0v) is 14.2. The van der Waals surface area contributed by atoms with Gasteiger partial charge in [0.2, 0.25) is 0 Å². The highest BCUT2D eigenvalue weighted by atomic mass is 127. The fourth-order valence-electron chi connectivity index (χ4n) is 2.13. The van der Waals surface area contributed by atoms with Crippen LogP contribution in [0.25, 0.3) is 0 Å². The van der Waals surface area contributed by atoms with Crippen LogP contribution in [0.1, 0.15) is 27.2 Å². The highest BCUT2D eigenvalue weighted by molar-refractivity contribution is 14.1. The molecular formula is C12H22IO4P. The van der Waals surface area contributed by atoms with E-state index in [0.717, 1.165) is 10.8 Å². The predicted octanol–water partition coefficient (Wildman–Crippen LogP) is 3.79. The van der Waals surface area contributed by atoms with Crippen molar-refractivity contribution in [3.63, 3.8) is 0 Å². The Balaban J connectivity index is 2.90. The topological polar surface area (TPSA) is 44.8 Å². The molecule has 1 aliphatic heterocycles. The Bertz CT molecular complexity index is 311. The molecule has 1 saturated heterocycles. The van der Waals surface area contributed by atoms with Gasteiger partial charge in [0.1, 0.15) is 0 Å². The van der Waals surface area contributed by atoms with E-state index < -0.39 is 7.60 Å². The summed E-state index contributed by atoms with van der Waals surface area (Å²) in [6, 6.07) is 0. The lowest BCUT2D eigenvalue weighted by atomic mass is 10.2. The first kappa shape index (κ1) is 16.6. The fraction of sp³-hybridized carbons (Fsp3) is 0.833. The van der Waals surface area contributed by atoms with Crippen molar-refractivity contribution in [3.8, 4) is 0 Å². The van der Waals surface area contributed by atoms with E-state index in [9.17, 15) is 4.57 Å². The molecule has 1 rings (SSSR count). The molecular weight excluding hydrogens is 366 g/mol. The number of halogens is 1. The summed E-state index contributed by atoms with van der Waals surface area (Å²) in [5, 5.41) is 0. The molecule has 0 N–H and O–H groups in total. The SMILES string of the molecule is C/C=C/C1OC(CI)CC1P(=O)(OCC)OCC. The maximum Gasteiger partial charge on any atom is 0.336 e. The van der Waals surface area contributed by atoms with Crippen molar-refractivity contribution in [1.29, 1.82) is 0 Å². The summed E-state index contributed by atoms with van der Waals surface area (Å²) in [6.45, 7) is 6.39. The van der Waals surface area contributed by atoms with Crippen molar-refractivity contribution < 1.29 is 18.3 Å². The second-order valence-electron chi connectivity index (χ2n) is 4.08. The standard InChI is InChI=1S/C12H22IO4P/c1-4-7-11-12(8-10(9-13)17-11)18(14,15-5-2)16-6-3/h4,7,10-12H,5-6,8-9H2,1-3H3/b7-4+. The van der Waals surface area contributed by atoms with Gasteiger partial charge in [0.05, 0.1) is 31.1 Å². The molecule has 3 atom stereocenters. The molecule has 0 bridgehead atoms. The van der Waals surface area contributed by atoms with Crippen LogP contribution >= 0.6 is 30.2 Å². The lowest BCUT2D eigenvalue weighted by Crippen LogP contribution is -2.22. The van der Waals surface area contributed by atoms with Crippen molar-refractivity contribution in [3.05, 3.63) is 12.2 Å². The van der Waals surface area contributed by atoms with Crippen molar-refractivity contribution in [2.45, 2.75) is 45.1 Å². The average molecular weight is 388 g/mol. The highest BCUT2D eigenvalue weighted by Crippen LogP contribution is 2.58. The molecule has 1 heterocycles. The largest absolute Gasteiger partial charge is 0.369 e. The summed E-state index contributed by atoms with van der Waals surface area (Å²) in [4.78, 5) is 0. The Labute approximate surface area is 123 Å². The van der Waals surface area contributed by atoms with E-state index in [2.05, 4.69) is 22.6 Å². The van der Waals surface area contributed by atoms with Crippen molar-refractivity contribution in [1.82, 2.24) is 0 Å².